The molecule has 0 spiro atoms. The molecular weight excluding hydrogens is 252 g/mol. The number of aryl methyl sites for hydroxylation is 1. The van der Waals surface area contributed by atoms with E-state index in [9.17, 15) is 9.90 Å². The standard InChI is InChI=1S/C16H14N2O2/c1-2-15-17-9-10-18(15)14-8-7-13(16(19)20)11-5-3-4-6-12(11)14/h3-10H,2H2,1H3,(H,19,20). The first-order valence-electron chi connectivity index (χ1n) is 6.50. The first kappa shape index (κ1) is 12.4. The highest BCUT2D eigenvalue weighted by Crippen LogP contribution is 2.26. The van der Waals surface area contributed by atoms with Crippen LogP contribution in [0.4, 0.5) is 0 Å². The Morgan fingerprint density at radius 3 is 2.65 bits per heavy atom. The maximum Gasteiger partial charge on any atom is 0.336 e. The third-order valence-electron chi connectivity index (χ3n) is 3.42. The van der Waals surface area contributed by atoms with Gasteiger partial charge in [-0.25, -0.2) is 9.78 Å². The Hall–Kier alpha value is -2.62. The third-order valence-corrected chi connectivity index (χ3v) is 3.42. The average molecular weight is 266 g/mol. The van der Waals surface area contributed by atoms with Crippen LogP contribution in [0.25, 0.3) is 16.5 Å². The van der Waals surface area contributed by atoms with Gasteiger partial charge in [0, 0.05) is 24.2 Å². The second-order valence-corrected chi connectivity index (χ2v) is 4.55. The Balaban J connectivity index is 2.34. The second-order valence-electron chi connectivity index (χ2n) is 4.55. The van der Waals surface area contributed by atoms with E-state index >= 15 is 0 Å². The molecule has 100 valence electrons. The molecule has 0 saturated heterocycles. The van der Waals surface area contributed by atoms with Crippen molar-refractivity contribution in [2.45, 2.75) is 13.3 Å². The summed E-state index contributed by atoms with van der Waals surface area (Å²) in [5.41, 5.74) is 1.28. The van der Waals surface area contributed by atoms with E-state index in [0.717, 1.165) is 28.7 Å². The van der Waals surface area contributed by atoms with E-state index in [1.54, 1.807) is 12.3 Å². The summed E-state index contributed by atoms with van der Waals surface area (Å²) >= 11 is 0. The number of hydrogen-bond acceptors (Lipinski definition) is 2. The molecule has 0 amide bonds. The minimum atomic E-state index is -0.908. The Morgan fingerprint density at radius 1 is 1.20 bits per heavy atom. The van der Waals surface area contributed by atoms with Crippen molar-refractivity contribution in [1.29, 1.82) is 0 Å². The van der Waals surface area contributed by atoms with Gasteiger partial charge in [-0.3, -0.25) is 0 Å². The average Bonchev–Trinajstić information content (AvgIpc) is 2.94. The monoisotopic (exact) mass is 266 g/mol. The molecule has 0 radical (unpaired) electrons. The molecule has 4 heteroatoms. The predicted molar refractivity (Wildman–Crippen MR) is 77.4 cm³/mol. The van der Waals surface area contributed by atoms with Crippen molar-refractivity contribution >= 4 is 16.7 Å². The number of aromatic carboxylic acids is 1. The summed E-state index contributed by atoms with van der Waals surface area (Å²) in [5, 5.41) is 10.9. The molecule has 1 heterocycles. The van der Waals surface area contributed by atoms with Crippen molar-refractivity contribution in [2.24, 2.45) is 0 Å². The van der Waals surface area contributed by atoms with Crippen molar-refractivity contribution in [1.82, 2.24) is 9.55 Å². The maximum atomic E-state index is 11.3. The van der Waals surface area contributed by atoms with E-state index in [4.69, 9.17) is 0 Å². The van der Waals surface area contributed by atoms with Crippen LogP contribution in [-0.4, -0.2) is 20.6 Å². The van der Waals surface area contributed by atoms with Gasteiger partial charge in [0.1, 0.15) is 5.82 Å². The molecule has 4 nitrogen and oxygen atoms in total. The quantitative estimate of drug-likeness (QED) is 0.791. The highest BCUT2D eigenvalue weighted by Gasteiger charge is 2.13. The fraction of sp³-hybridized carbons (Fsp3) is 0.125. The molecular formula is C16H14N2O2. The van der Waals surface area contributed by atoms with Crippen LogP contribution in [-0.2, 0) is 6.42 Å². The smallest absolute Gasteiger partial charge is 0.336 e. The number of nitrogens with zero attached hydrogens (tertiary/aromatic N) is 2. The summed E-state index contributed by atoms with van der Waals surface area (Å²) in [5.74, 6) is 0.0484. The second kappa shape index (κ2) is 4.81. The topological polar surface area (TPSA) is 55.1 Å². The minimum Gasteiger partial charge on any atom is -0.478 e. The van der Waals surface area contributed by atoms with Gasteiger partial charge in [-0.15, -0.1) is 0 Å². The molecule has 2 aromatic carbocycles. The predicted octanol–water partition coefficient (Wildman–Crippen LogP) is 3.29. The van der Waals surface area contributed by atoms with Crippen LogP contribution in [0.1, 0.15) is 23.1 Å². The van der Waals surface area contributed by atoms with Gasteiger partial charge in [0.25, 0.3) is 0 Å². The number of benzene rings is 2. The number of aromatic nitrogens is 2. The molecule has 0 fully saturated rings. The third kappa shape index (κ3) is 1.86. The minimum absolute atomic E-state index is 0.322. The summed E-state index contributed by atoms with van der Waals surface area (Å²) in [7, 11) is 0. The zero-order valence-electron chi connectivity index (χ0n) is 11.1. The maximum absolute atomic E-state index is 11.3. The fourth-order valence-corrected chi connectivity index (χ4v) is 2.49. The number of imidazole rings is 1. The lowest BCUT2D eigenvalue weighted by atomic mass is 10.0. The Labute approximate surface area is 116 Å². The van der Waals surface area contributed by atoms with Crippen LogP contribution < -0.4 is 0 Å². The highest BCUT2D eigenvalue weighted by molar-refractivity contribution is 6.06. The molecule has 0 bridgehead atoms. The molecule has 0 aliphatic heterocycles. The molecule has 0 unspecified atom stereocenters. The van der Waals surface area contributed by atoms with Gasteiger partial charge >= 0.3 is 5.97 Å². The first-order valence-corrected chi connectivity index (χ1v) is 6.50. The van der Waals surface area contributed by atoms with E-state index in [1.165, 1.54) is 0 Å². The SMILES string of the molecule is CCc1nccn1-c1ccc(C(=O)O)c2ccccc12. The number of carboxylic acids is 1. The Kier molecular flexibility index (Phi) is 2.99. The van der Waals surface area contributed by atoms with Gasteiger partial charge in [-0.05, 0) is 17.5 Å². The van der Waals surface area contributed by atoms with Gasteiger partial charge in [-0.2, -0.15) is 0 Å². The van der Waals surface area contributed by atoms with Crippen LogP contribution in [0.3, 0.4) is 0 Å². The lowest BCUT2D eigenvalue weighted by molar-refractivity contribution is 0.0699. The molecule has 1 N–H and O–H groups in total. The van der Waals surface area contributed by atoms with Gasteiger partial charge in [0.05, 0.1) is 11.3 Å². The molecule has 0 aliphatic rings. The van der Waals surface area contributed by atoms with E-state index in [-0.39, 0.29) is 0 Å². The van der Waals surface area contributed by atoms with Crippen LogP contribution in [0, 0.1) is 0 Å². The van der Waals surface area contributed by atoms with E-state index in [1.807, 2.05) is 48.0 Å². The molecule has 20 heavy (non-hydrogen) atoms. The first-order chi connectivity index (χ1) is 9.72. The van der Waals surface area contributed by atoms with Gasteiger partial charge < -0.3 is 9.67 Å². The Morgan fingerprint density at radius 2 is 1.95 bits per heavy atom. The molecule has 0 atom stereocenters. The molecule has 1 aromatic heterocycles. The van der Waals surface area contributed by atoms with Crippen molar-refractivity contribution in [3.63, 3.8) is 0 Å². The van der Waals surface area contributed by atoms with Crippen molar-refractivity contribution < 1.29 is 9.90 Å². The lowest BCUT2D eigenvalue weighted by Gasteiger charge is -2.12. The summed E-state index contributed by atoms with van der Waals surface area (Å²) in [6.07, 6.45) is 4.49. The van der Waals surface area contributed by atoms with Crippen molar-refractivity contribution in [2.75, 3.05) is 0 Å². The highest BCUT2D eigenvalue weighted by atomic mass is 16.4. The summed E-state index contributed by atoms with van der Waals surface area (Å²) in [4.78, 5) is 15.6. The van der Waals surface area contributed by atoms with E-state index in [0.29, 0.717) is 5.56 Å². The summed E-state index contributed by atoms with van der Waals surface area (Å²) in [6, 6.07) is 11.0. The number of hydrogen-bond donors (Lipinski definition) is 1. The van der Waals surface area contributed by atoms with E-state index < -0.39 is 5.97 Å². The zero-order valence-corrected chi connectivity index (χ0v) is 11.1. The van der Waals surface area contributed by atoms with Crippen LogP contribution >= 0.6 is 0 Å². The molecule has 3 aromatic rings. The Bertz CT molecular complexity index is 790. The van der Waals surface area contributed by atoms with Gasteiger partial charge in [-0.1, -0.05) is 31.2 Å². The number of carboxylic acid groups (broad SMARTS) is 1. The number of rotatable bonds is 3. The fourth-order valence-electron chi connectivity index (χ4n) is 2.49. The van der Waals surface area contributed by atoms with Crippen LogP contribution in [0.5, 0.6) is 0 Å². The van der Waals surface area contributed by atoms with Gasteiger partial charge in [0.15, 0.2) is 0 Å². The van der Waals surface area contributed by atoms with Crippen LogP contribution in [0.2, 0.25) is 0 Å². The summed E-state index contributed by atoms with van der Waals surface area (Å²) < 4.78 is 2.01. The van der Waals surface area contributed by atoms with Gasteiger partial charge in [0.2, 0.25) is 0 Å². The zero-order chi connectivity index (χ0) is 14.1. The molecule has 0 aliphatic carbocycles. The van der Waals surface area contributed by atoms with Crippen molar-refractivity contribution in [3.8, 4) is 5.69 Å². The van der Waals surface area contributed by atoms with Crippen molar-refractivity contribution in [3.05, 3.63) is 60.2 Å². The van der Waals surface area contributed by atoms with E-state index in [2.05, 4.69) is 4.98 Å². The summed E-state index contributed by atoms with van der Waals surface area (Å²) in [6.45, 7) is 2.05. The number of carbonyl (C=O) groups is 1. The largest absolute Gasteiger partial charge is 0.478 e. The normalized spacial score (nSPS) is 10.8. The molecule has 0 saturated carbocycles. The number of fused-ring (bicyclic) bond motifs is 1. The van der Waals surface area contributed by atoms with Crippen LogP contribution in [0.15, 0.2) is 48.8 Å². The molecule has 3 rings (SSSR count). The lowest BCUT2D eigenvalue weighted by Crippen LogP contribution is -2.03.